The number of rotatable bonds is 2. The predicted octanol–water partition coefficient (Wildman–Crippen LogP) is 2.74. The average molecular weight is 234 g/mol. The molecular weight excluding hydrogens is 212 g/mol. The van der Waals surface area contributed by atoms with E-state index < -0.39 is 0 Å². The van der Waals surface area contributed by atoms with Gasteiger partial charge in [0, 0.05) is 12.6 Å². The molecule has 1 fully saturated rings. The van der Waals surface area contributed by atoms with Crippen LogP contribution in [-0.2, 0) is 4.79 Å². The zero-order valence-corrected chi connectivity index (χ0v) is 11.1. The molecule has 0 N–H and O–H groups in total. The number of piperidine rings is 1. The Bertz CT molecular complexity index is 335. The fourth-order valence-corrected chi connectivity index (χ4v) is 2.54. The third kappa shape index (κ3) is 3.33. The van der Waals surface area contributed by atoms with Crippen LogP contribution in [0.15, 0.2) is 12.7 Å². The van der Waals surface area contributed by atoms with Gasteiger partial charge in [-0.2, -0.15) is 5.26 Å². The van der Waals surface area contributed by atoms with Gasteiger partial charge in [-0.25, -0.2) is 0 Å². The highest BCUT2D eigenvalue weighted by molar-refractivity contribution is 5.87. The number of hydrogen-bond acceptors (Lipinski definition) is 2. The Labute approximate surface area is 104 Å². The summed E-state index contributed by atoms with van der Waals surface area (Å²) in [5.74, 6) is 0.535. The standard InChI is InChI=1S/C14H22N2O/c1-5-13(17)16-9-7-11(14(2,3)4)10-12(16)6-8-15/h5,11-12H,1,6-7,9-10H2,2-4H3. The van der Waals surface area contributed by atoms with Crippen LogP contribution in [0.4, 0.5) is 0 Å². The first kappa shape index (κ1) is 13.8. The van der Waals surface area contributed by atoms with Crippen molar-refractivity contribution >= 4 is 5.91 Å². The Kier molecular flexibility index (Phi) is 4.34. The summed E-state index contributed by atoms with van der Waals surface area (Å²) in [5, 5.41) is 8.87. The van der Waals surface area contributed by atoms with E-state index in [0.29, 0.717) is 12.3 Å². The molecule has 0 bridgehead atoms. The van der Waals surface area contributed by atoms with Crippen molar-refractivity contribution in [3.05, 3.63) is 12.7 Å². The lowest BCUT2D eigenvalue weighted by atomic mass is 9.73. The summed E-state index contributed by atoms with van der Waals surface area (Å²) in [6.45, 7) is 11.0. The molecule has 94 valence electrons. The van der Waals surface area contributed by atoms with Gasteiger partial charge in [0.25, 0.3) is 0 Å². The quantitative estimate of drug-likeness (QED) is 0.689. The number of carbonyl (C=O) groups excluding carboxylic acids is 1. The van der Waals surface area contributed by atoms with Crippen molar-refractivity contribution in [2.24, 2.45) is 11.3 Å². The van der Waals surface area contributed by atoms with E-state index in [1.165, 1.54) is 6.08 Å². The molecule has 3 nitrogen and oxygen atoms in total. The summed E-state index contributed by atoms with van der Waals surface area (Å²) in [4.78, 5) is 13.5. The molecule has 1 aliphatic heterocycles. The molecule has 0 radical (unpaired) electrons. The van der Waals surface area contributed by atoms with E-state index >= 15 is 0 Å². The van der Waals surface area contributed by atoms with Crippen molar-refractivity contribution in [1.29, 1.82) is 5.26 Å². The minimum Gasteiger partial charge on any atom is -0.335 e. The van der Waals surface area contributed by atoms with Gasteiger partial charge in [0.05, 0.1) is 12.5 Å². The van der Waals surface area contributed by atoms with Crippen LogP contribution in [0.5, 0.6) is 0 Å². The molecule has 3 heteroatoms. The van der Waals surface area contributed by atoms with Crippen LogP contribution in [0.1, 0.15) is 40.0 Å². The van der Waals surface area contributed by atoms with Crippen molar-refractivity contribution < 1.29 is 4.79 Å². The maximum absolute atomic E-state index is 11.7. The highest BCUT2D eigenvalue weighted by Gasteiger charge is 2.35. The summed E-state index contributed by atoms with van der Waals surface area (Å²) >= 11 is 0. The Morgan fingerprint density at radius 1 is 1.59 bits per heavy atom. The molecule has 0 aromatic rings. The summed E-state index contributed by atoms with van der Waals surface area (Å²) < 4.78 is 0. The molecule has 1 saturated heterocycles. The van der Waals surface area contributed by atoms with Crippen molar-refractivity contribution in [3.8, 4) is 6.07 Å². The molecule has 0 aromatic carbocycles. The number of amides is 1. The lowest BCUT2D eigenvalue weighted by Crippen LogP contribution is -2.47. The van der Waals surface area contributed by atoms with Gasteiger partial charge in [0.15, 0.2) is 0 Å². The van der Waals surface area contributed by atoms with E-state index in [0.717, 1.165) is 19.4 Å². The maximum Gasteiger partial charge on any atom is 0.246 e. The van der Waals surface area contributed by atoms with Crippen LogP contribution in [0.2, 0.25) is 0 Å². The molecule has 2 atom stereocenters. The van der Waals surface area contributed by atoms with Gasteiger partial charge < -0.3 is 4.90 Å². The molecule has 0 aromatic heterocycles. The minimum atomic E-state index is -0.0439. The Morgan fingerprint density at radius 3 is 2.71 bits per heavy atom. The minimum absolute atomic E-state index is 0.0439. The fraction of sp³-hybridized carbons (Fsp3) is 0.714. The molecule has 1 heterocycles. The number of nitrogens with zero attached hydrogens (tertiary/aromatic N) is 2. The lowest BCUT2D eigenvalue weighted by Gasteiger charge is -2.43. The van der Waals surface area contributed by atoms with Crippen molar-refractivity contribution in [1.82, 2.24) is 4.90 Å². The van der Waals surface area contributed by atoms with Gasteiger partial charge in [0.2, 0.25) is 5.91 Å². The highest BCUT2D eigenvalue weighted by atomic mass is 16.2. The van der Waals surface area contributed by atoms with Crippen molar-refractivity contribution in [2.75, 3.05) is 6.54 Å². The van der Waals surface area contributed by atoms with Gasteiger partial charge in [0.1, 0.15) is 0 Å². The van der Waals surface area contributed by atoms with Crippen LogP contribution >= 0.6 is 0 Å². The first-order valence-corrected chi connectivity index (χ1v) is 6.20. The first-order valence-electron chi connectivity index (χ1n) is 6.20. The molecule has 1 rings (SSSR count). The average Bonchev–Trinajstić information content (AvgIpc) is 2.27. The second kappa shape index (κ2) is 5.35. The summed E-state index contributed by atoms with van der Waals surface area (Å²) in [6.07, 6.45) is 3.72. The topological polar surface area (TPSA) is 44.1 Å². The Morgan fingerprint density at radius 2 is 2.24 bits per heavy atom. The molecule has 1 amide bonds. The SMILES string of the molecule is C=CC(=O)N1CCC(C(C)(C)C)CC1CC#N. The second-order valence-electron chi connectivity index (χ2n) is 5.84. The van der Waals surface area contributed by atoms with Crippen molar-refractivity contribution in [2.45, 2.75) is 46.1 Å². The van der Waals surface area contributed by atoms with Crippen LogP contribution in [0, 0.1) is 22.7 Å². The van der Waals surface area contributed by atoms with Crippen LogP contribution in [0.3, 0.4) is 0 Å². The van der Waals surface area contributed by atoms with E-state index in [-0.39, 0.29) is 17.4 Å². The van der Waals surface area contributed by atoms with Gasteiger partial charge >= 0.3 is 0 Å². The van der Waals surface area contributed by atoms with E-state index in [2.05, 4.69) is 33.4 Å². The molecule has 0 saturated carbocycles. The zero-order chi connectivity index (χ0) is 13.1. The molecule has 1 aliphatic rings. The largest absolute Gasteiger partial charge is 0.335 e. The number of likely N-dealkylation sites (tertiary alicyclic amines) is 1. The van der Waals surface area contributed by atoms with Crippen molar-refractivity contribution in [3.63, 3.8) is 0 Å². The highest BCUT2D eigenvalue weighted by Crippen LogP contribution is 2.37. The normalized spacial score (nSPS) is 25.2. The molecular formula is C14H22N2O. The van der Waals surface area contributed by atoms with E-state index in [4.69, 9.17) is 5.26 Å². The maximum atomic E-state index is 11.7. The first-order chi connectivity index (χ1) is 7.90. The monoisotopic (exact) mass is 234 g/mol. The molecule has 0 spiro atoms. The number of nitriles is 1. The summed E-state index contributed by atoms with van der Waals surface area (Å²) in [7, 11) is 0. The third-order valence-electron chi connectivity index (χ3n) is 3.73. The van der Waals surface area contributed by atoms with Gasteiger partial charge in [-0.15, -0.1) is 0 Å². The van der Waals surface area contributed by atoms with Gasteiger partial charge in [-0.05, 0) is 30.3 Å². The zero-order valence-electron chi connectivity index (χ0n) is 11.1. The van der Waals surface area contributed by atoms with E-state index in [9.17, 15) is 4.79 Å². The Balaban J connectivity index is 2.78. The number of hydrogen-bond donors (Lipinski definition) is 0. The fourth-order valence-electron chi connectivity index (χ4n) is 2.54. The molecule has 0 aliphatic carbocycles. The van der Waals surface area contributed by atoms with Gasteiger partial charge in [-0.3, -0.25) is 4.79 Å². The molecule has 17 heavy (non-hydrogen) atoms. The molecule has 2 unspecified atom stereocenters. The Hall–Kier alpha value is -1.30. The van der Waals surface area contributed by atoms with Crippen LogP contribution in [0.25, 0.3) is 0 Å². The summed E-state index contributed by atoms with van der Waals surface area (Å²) in [6, 6.07) is 2.25. The van der Waals surface area contributed by atoms with E-state index in [1.807, 2.05) is 0 Å². The van der Waals surface area contributed by atoms with Crippen LogP contribution < -0.4 is 0 Å². The second-order valence-corrected chi connectivity index (χ2v) is 5.84. The van der Waals surface area contributed by atoms with Crippen LogP contribution in [-0.4, -0.2) is 23.4 Å². The van der Waals surface area contributed by atoms with Gasteiger partial charge in [-0.1, -0.05) is 27.4 Å². The van der Waals surface area contributed by atoms with E-state index in [1.54, 1.807) is 4.90 Å². The lowest BCUT2D eigenvalue weighted by molar-refractivity contribution is -0.131. The smallest absolute Gasteiger partial charge is 0.246 e. The summed E-state index contributed by atoms with van der Waals surface area (Å²) in [5.41, 5.74) is 0.247. The third-order valence-corrected chi connectivity index (χ3v) is 3.73. The predicted molar refractivity (Wildman–Crippen MR) is 68.1 cm³/mol. The number of carbonyl (C=O) groups is 1.